The van der Waals surface area contributed by atoms with Crippen LogP contribution < -0.4 is 0 Å². The molecule has 0 atom stereocenters. The fourth-order valence-electron chi connectivity index (χ4n) is 2.96. The van der Waals surface area contributed by atoms with E-state index in [0.717, 1.165) is 35.6 Å². The van der Waals surface area contributed by atoms with E-state index in [1.54, 1.807) is 19.9 Å². The largest absolute Gasteiger partial charge is 0.419 e. The molecule has 4 heteroatoms. The van der Waals surface area contributed by atoms with Gasteiger partial charge in [-0.2, -0.15) is 13.2 Å². The van der Waals surface area contributed by atoms with Crippen LogP contribution in [0.25, 0.3) is 5.57 Å². The molecule has 0 nitrogen and oxygen atoms in total. The molecule has 0 aromatic heterocycles. The molecule has 0 saturated carbocycles. The maximum atomic E-state index is 14.2. The van der Waals surface area contributed by atoms with Crippen molar-refractivity contribution in [3.8, 4) is 0 Å². The lowest BCUT2D eigenvalue weighted by Gasteiger charge is -2.22. The molecule has 1 aliphatic rings. The molecule has 1 aliphatic carbocycles. The summed E-state index contributed by atoms with van der Waals surface area (Å²) < 4.78 is 53.7. The van der Waals surface area contributed by atoms with Gasteiger partial charge in [-0.05, 0) is 67.0 Å². The molecule has 0 unspecified atom stereocenters. The van der Waals surface area contributed by atoms with E-state index in [-0.39, 0.29) is 11.5 Å². The molecule has 1 aromatic carbocycles. The zero-order valence-electron chi connectivity index (χ0n) is 13.2. The number of allylic oxidation sites excluding steroid dienone is 4. The number of hydrogen-bond donors (Lipinski definition) is 0. The Hall–Kier alpha value is -1.58. The van der Waals surface area contributed by atoms with Crippen LogP contribution in [0, 0.1) is 5.82 Å². The first-order valence-corrected chi connectivity index (χ1v) is 7.40. The Balaban J connectivity index is 2.73. The lowest BCUT2D eigenvalue weighted by Crippen LogP contribution is -2.12. The van der Waals surface area contributed by atoms with Crippen molar-refractivity contribution in [1.82, 2.24) is 0 Å². The van der Waals surface area contributed by atoms with Crippen LogP contribution in [0.15, 0.2) is 29.4 Å². The Labute approximate surface area is 128 Å². The van der Waals surface area contributed by atoms with Crippen molar-refractivity contribution in [3.05, 3.63) is 51.9 Å². The van der Waals surface area contributed by atoms with Crippen LogP contribution in [0.1, 0.15) is 63.1 Å². The summed E-state index contributed by atoms with van der Waals surface area (Å²) in [6, 6.07) is 2.51. The van der Waals surface area contributed by atoms with Crippen molar-refractivity contribution in [2.75, 3.05) is 0 Å². The monoisotopic (exact) mass is 312 g/mol. The Morgan fingerprint density at radius 2 is 1.73 bits per heavy atom. The first kappa shape index (κ1) is 16.8. The van der Waals surface area contributed by atoms with E-state index in [4.69, 9.17) is 0 Å². The van der Waals surface area contributed by atoms with Crippen molar-refractivity contribution < 1.29 is 17.6 Å². The molecule has 0 heterocycles. The highest BCUT2D eigenvalue weighted by atomic mass is 19.4. The number of hydrogen-bond acceptors (Lipinski definition) is 0. The van der Waals surface area contributed by atoms with E-state index in [9.17, 15) is 17.6 Å². The Kier molecular flexibility index (Phi) is 4.50. The number of rotatable bonds is 2. The molecular formula is C18H20F4. The predicted octanol–water partition coefficient (Wildman–Crippen LogP) is 6.48. The van der Waals surface area contributed by atoms with Gasteiger partial charge >= 0.3 is 6.18 Å². The van der Waals surface area contributed by atoms with Crippen molar-refractivity contribution in [3.63, 3.8) is 0 Å². The van der Waals surface area contributed by atoms with Crippen LogP contribution in [-0.2, 0) is 6.18 Å². The second kappa shape index (κ2) is 5.90. The quantitative estimate of drug-likeness (QED) is 0.548. The first-order valence-electron chi connectivity index (χ1n) is 7.40. The number of halogens is 4. The van der Waals surface area contributed by atoms with Gasteiger partial charge in [-0.15, -0.1) is 0 Å². The van der Waals surface area contributed by atoms with Gasteiger partial charge in [0.2, 0.25) is 0 Å². The van der Waals surface area contributed by atoms with Crippen molar-refractivity contribution in [1.29, 1.82) is 0 Å². The predicted molar refractivity (Wildman–Crippen MR) is 81.1 cm³/mol. The van der Waals surface area contributed by atoms with Gasteiger partial charge < -0.3 is 0 Å². The summed E-state index contributed by atoms with van der Waals surface area (Å²) in [6.07, 6.45) is -0.952. The molecule has 0 spiro atoms. The van der Waals surface area contributed by atoms with Crippen LogP contribution in [0.3, 0.4) is 0 Å². The summed E-state index contributed by atoms with van der Waals surface area (Å²) in [4.78, 5) is 0. The standard InChI is InChI=1S/C18H20F4/c1-10(2)14-8-13(9-15(17(14)19)18(20,21)22)16-11(3)6-5-7-12(16)4/h6,8-10H,5,7H2,1-4H3. The van der Waals surface area contributed by atoms with Gasteiger partial charge in [0.25, 0.3) is 0 Å². The van der Waals surface area contributed by atoms with Gasteiger partial charge in [-0.3, -0.25) is 0 Å². The molecule has 22 heavy (non-hydrogen) atoms. The summed E-state index contributed by atoms with van der Waals surface area (Å²) in [5, 5.41) is 0. The molecule has 1 aromatic rings. The molecular weight excluding hydrogens is 292 g/mol. The van der Waals surface area contributed by atoms with E-state index in [1.165, 1.54) is 0 Å². The van der Waals surface area contributed by atoms with Gasteiger partial charge in [0.1, 0.15) is 5.82 Å². The third-order valence-electron chi connectivity index (χ3n) is 4.11. The minimum absolute atomic E-state index is 0.114. The summed E-state index contributed by atoms with van der Waals surface area (Å²) in [6.45, 7) is 7.22. The van der Waals surface area contributed by atoms with E-state index >= 15 is 0 Å². The maximum absolute atomic E-state index is 14.2. The second-order valence-electron chi connectivity index (χ2n) is 6.16. The molecule has 120 valence electrons. The molecule has 0 aliphatic heterocycles. The van der Waals surface area contributed by atoms with Gasteiger partial charge in [0, 0.05) is 0 Å². The fourth-order valence-corrected chi connectivity index (χ4v) is 2.96. The van der Waals surface area contributed by atoms with E-state index < -0.39 is 17.6 Å². The van der Waals surface area contributed by atoms with Crippen LogP contribution >= 0.6 is 0 Å². The molecule has 0 N–H and O–H groups in total. The van der Waals surface area contributed by atoms with Gasteiger partial charge in [0.05, 0.1) is 5.56 Å². The minimum atomic E-state index is -4.69. The van der Waals surface area contributed by atoms with Crippen molar-refractivity contribution >= 4 is 5.57 Å². The van der Waals surface area contributed by atoms with E-state index in [2.05, 4.69) is 0 Å². The Bertz CT molecular complexity index is 646. The highest BCUT2D eigenvalue weighted by molar-refractivity contribution is 5.82. The molecule has 0 radical (unpaired) electrons. The normalized spacial score (nSPS) is 16.3. The minimum Gasteiger partial charge on any atom is -0.206 e. The molecule has 2 rings (SSSR count). The zero-order valence-corrected chi connectivity index (χ0v) is 13.2. The van der Waals surface area contributed by atoms with Crippen molar-refractivity contribution in [2.45, 2.75) is 52.6 Å². The summed E-state index contributed by atoms with van der Waals surface area (Å²) in [5.74, 6) is -1.46. The molecule has 0 fully saturated rings. The third kappa shape index (κ3) is 3.11. The fraction of sp³-hybridized carbons (Fsp3) is 0.444. The summed E-state index contributed by atoms with van der Waals surface area (Å²) >= 11 is 0. The number of benzene rings is 1. The third-order valence-corrected chi connectivity index (χ3v) is 4.11. The Morgan fingerprint density at radius 1 is 1.09 bits per heavy atom. The van der Waals surface area contributed by atoms with Gasteiger partial charge in [-0.1, -0.05) is 25.5 Å². The summed E-state index contributed by atoms with van der Waals surface area (Å²) in [7, 11) is 0. The summed E-state index contributed by atoms with van der Waals surface area (Å²) in [5.41, 5.74) is 2.23. The zero-order chi connectivity index (χ0) is 16.7. The van der Waals surface area contributed by atoms with Crippen LogP contribution in [0.4, 0.5) is 17.6 Å². The maximum Gasteiger partial charge on any atom is 0.419 e. The average Bonchev–Trinajstić information content (AvgIpc) is 2.38. The molecule has 0 amide bonds. The highest BCUT2D eigenvalue weighted by Gasteiger charge is 2.36. The van der Waals surface area contributed by atoms with Crippen LogP contribution in [0.2, 0.25) is 0 Å². The topological polar surface area (TPSA) is 0 Å². The lowest BCUT2D eigenvalue weighted by molar-refractivity contribution is -0.140. The van der Waals surface area contributed by atoms with Gasteiger partial charge in [-0.25, -0.2) is 4.39 Å². The van der Waals surface area contributed by atoms with Crippen LogP contribution in [0.5, 0.6) is 0 Å². The molecule has 0 saturated heterocycles. The van der Waals surface area contributed by atoms with E-state index in [1.807, 2.05) is 19.9 Å². The van der Waals surface area contributed by atoms with Crippen molar-refractivity contribution in [2.24, 2.45) is 0 Å². The average molecular weight is 312 g/mol. The first-order chi connectivity index (χ1) is 10.1. The van der Waals surface area contributed by atoms with Gasteiger partial charge in [0.15, 0.2) is 0 Å². The highest BCUT2D eigenvalue weighted by Crippen LogP contribution is 2.40. The smallest absolute Gasteiger partial charge is 0.206 e. The van der Waals surface area contributed by atoms with Crippen LogP contribution in [-0.4, -0.2) is 0 Å². The Morgan fingerprint density at radius 3 is 2.23 bits per heavy atom. The van der Waals surface area contributed by atoms with E-state index in [0.29, 0.717) is 5.56 Å². The molecule has 0 bridgehead atoms. The lowest BCUT2D eigenvalue weighted by atomic mass is 9.85. The SMILES string of the molecule is CC1=CCCC(C)=C1c1cc(C(C)C)c(F)c(C(F)(F)F)c1. The number of alkyl halides is 3. The second-order valence-corrected chi connectivity index (χ2v) is 6.16.